The summed E-state index contributed by atoms with van der Waals surface area (Å²) in [4.78, 5) is 22.8. The highest BCUT2D eigenvalue weighted by Gasteiger charge is 2.29. The average Bonchev–Trinajstić information content (AvgIpc) is 3.12. The highest BCUT2D eigenvalue weighted by atomic mass is 35.5. The lowest BCUT2D eigenvalue weighted by Crippen LogP contribution is -2.39. The zero-order chi connectivity index (χ0) is 20.7. The van der Waals surface area contributed by atoms with Crippen molar-refractivity contribution < 1.29 is 4.79 Å². The second kappa shape index (κ2) is 8.05. The first-order chi connectivity index (χ1) is 14.6. The minimum absolute atomic E-state index is 0.0176. The molecule has 5 nitrogen and oxygen atoms in total. The number of pyridine rings is 1. The van der Waals surface area contributed by atoms with Crippen LogP contribution in [-0.2, 0) is 19.5 Å². The van der Waals surface area contributed by atoms with Gasteiger partial charge in [-0.15, -0.1) is 0 Å². The van der Waals surface area contributed by atoms with E-state index >= 15 is 0 Å². The van der Waals surface area contributed by atoms with Gasteiger partial charge in [0.05, 0.1) is 10.7 Å². The normalized spacial score (nSPS) is 19.8. The van der Waals surface area contributed by atoms with Gasteiger partial charge in [0, 0.05) is 31.9 Å². The lowest BCUT2D eigenvalue weighted by molar-refractivity contribution is 0.0724. The Kier molecular flexibility index (Phi) is 5.25. The number of halogens is 1. The second-order valence-electron chi connectivity index (χ2n) is 8.54. The largest absolute Gasteiger partial charge is 0.333 e. The molecule has 2 aliphatic heterocycles. The first kappa shape index (κ1) is 19.6. The zero-order valence-corrected chi connectivity index (χ0v) is 18.1. The van der Waals surface area contributed by atoms with Gasteiger partial charge in [-0.05, 0) is 56.0 Å². The smallest absolute Gasteiger partial charge is 0.274 e. The Morgan fingerprint density at radius 2 is 1.97 bits per heavy atom. The summed E-state index contributed by atoms with van der Waals surface area (Å²) in [5.74, 6) is 0.0176. The maximum absolute atomic E-state index is 13.6. The predicted molar refractivity (Wildman–Crippen MR) is 119 cm³/mol. The molecule has 2 aliphatic rings. The van der Waals surface area contributed by atoms with E-state index in [0.29, 0.717) is 29.8 Å². The van der Waals surface area contributed by atoms with Gasteiger partial charge in [0.2, 0.25) is 0 Å². The number of hydrogen-bond donors (Lipinski definition) is 0. The molecule has 0 N–H and O–H groups in total. The summed E-state index contributed by atoms with van der Waals surface area (Å²) in [5.41, 5.74) is 4.86. The van der Waals surface area contributed by atoms with Crippen LogP contribution in [-0.4, -0.2) is 44.2 Å². The minimum Gasteiger partial charge on any atom is -0.333 e. The summed E-state index contributed by atoms with van der Waals surface area (Å²) < 4.78 is 2.01. The van der Waals surface area contributed by atoms with Crippen LogP contribution >= 0.6 is 11.6 Å². The number of amides is 1. The van der Waals surface area contributed by atoms with E-state index in [9.17, 15) is 4.79 Å². The van der Waals surface area contributed by atoms with Gasteiger partial charge in [-0.25, -0.2) is 4.98 Å². The van der Waals surface area contributed by atoms with Gasteiger partial charge in [-0.2, -0.15) is 0 Å². The van der Waals surface area contributed by atoms with E-state index in [-0.39, 0.29) is 5.91 Å². The van der Waals surface area contributed by atoms with Gasteiger partial charge < -0.3 is 9.30 Å². The molecule has 6 heteroatoms. The fourth-order valence-electron chi connectivity index (χ4n) is 4.79. The highest BCUT2D eigenvalue weighted by Crippen LogP contribution is 2.26. The van der Waals surface area contributed by atoms with Crippen molar-refractivity contribution in [1.29, 1.82) is 0 Å². The number of imidazole rings is 1. The fourth-order valence-corrected chi connectivity index (χ4v) is 4.95. The Bertz CT molecular complexity index is 1090. The van der Waals surface area contributed by atoms with Crippen molar-refractivity contribution in [2.45, 2.75) is 51.7 Å². The molecule has 1 fully saturated rings. The topological polar surface area (TPSA) is 40.9 Å². The number of piperidine rings is 1. The predicted octanol–water partition coefficient (Wildman–Crippen LogP) is 4.56. The molecule has 30 heavy (non-hydrogen) atoms. The van der Waals surface area contributed by atoms with Gasteiger partial charge in [-0.1, -0.05) is 42.3 Å². The molecule has 156 valence electrons. The molecule has 2 aromatic heterocycles. The van der Waals surface area contributed by atoms with Crippen LogP contribution in [0.5, 0.6) is 0 Å². The summed E-state index contributed by atoms with van der Waals surface area (Å²) in [6.45, 7) is 5.42. The zero-order valence-electron chi connectivity index (χ0n) is 17.4. The molecule has 0 radical (unpaired) electrons. The van der Waals surface area contributed by atoms with E-state index in [0.717, 1.165) is 30.9 Å². The van der Waals surface area contributed by atoms with Crippen LogP contribution in [0.15, 0.2) is 42.6 Å². The Morgan fingerprint density at radius 3 is 2.80 bits per heavy atom. The second-order valence-corrected chi connectivity index (χ2v) is 8.98. The third kappa shape index (κ3) is 3.61. The number of carbonyl (C=O) groups excluding carboxylic acids is 1. The van der Waals surface area contributed by atoms with Gasteiger partial charge in [0.15, 0.2) is 5.69 Å². The maximum Gasteiger partial charge on any atom is 0.274 e. The van der Waals surface area contributed by atoms with E-state index in [1.165, 1.54) is 30.4 Å². The molecule has 3 aromatic rings. The Labute approximate surface area is 182 Å². The standard InChI is InChI=1S/C24H27ClN4O/c1-17-6-4-5-12-27(17)16-21-23(26-22-10-9-20(25)15-29(21)22)24(30)28-13-11-18-7-2-3-8-19(18)14-28/h2-3,7-10,15,17H,4-6,11-14,16H2,1H3/t17-/m0/s1. The summed E-state index contributed by atoms with van der Waals surface area (Å²) >= 11 is 6.30. The lowest BCUT2D eigenvalue weighted by atomic mass is 9.99. The summed E-state index contributed by atoms with van der Waals surface area (Å²) in [7, 11) is 0. The Balaban J connectivity index is 1.51. The molecular weight excluding hydrogens is 396 g/mol. The van der Waals surface area contributed by atoms with Crippen molar-refractivity contribution in [3.63, 3.8) is 0 Å². The van der Waals surface area contributed by atoms with Gasteiger partial charge in [0.25, 0.3) is 5.91 Å². The van der Waals surface area contributed by atoms with Crippen LogP contribution in [0, 0.1) is 0 Å². The molecule has 0 unspecified atom stereocenters. The van der Waals surface area contributed by atoms with Crippen molar-refractivity contribution in [3.8, 4) is 0 Å². The number of hydrogen-bond acceptors (Lipinski definition) is 3. The number of likely N-dealkylation sites (tertiary alicyclic amines) is 1. The van der Waals surface area contributed by atoms with Crippen LogP contribution in [0.2, 0.25) is 5.02 Å². The molecule has 0 spiro atoms. The molecule has 0 aliphatic carbocycles. The van der Waals surface area contributed by atoms with Gasteiger partial charge in [-0.3, -0.25) is 9.69 Å². The highest BCUT2D eigenvalue weighted by molar-refractivity contribution is 6.30. The van der Waals surface area contributed by atoms with Crippen LogP contribution < -0.4 is 0 Å². The fraction of sp³-hybridized carbons (Fsp3) is 0.417. The van der Waals surface area contributed by atoms with Crippen LogP contribution in [0.25, 0.3) is 5.65 Å². The average molecular weight is 423 g/mol. The number of benzene rings is 1. The maximum atomic E-state index is 13.6. The first-order valence-corrected chi connectivity index (χ1v) is 11.2. The number of fused-ring (bicyclic) bond motifs is 2. The van der Waals surface area contributed by atoms with Gasteiger partial charge >= 0.3 is 0 Å². The third-order valence-electron chi connectivity index (χ3n) is 6.60. The molecule has 0 saturated carbocycles. The van der Waals surface area contributed by atoms with Crippen LogP contribution in [0.1, 0.15) is 53.5 Å². The molecule has 1 atom stereocenters. The van der Waals surface area contributed by atoms with Gasteiger partial charge in [0.1, 0.15) is 5.65 Å². The van der Waals surface area contributed by atoms with E-state index < -0.39 is 0 Å². The van der Waals surface area contributed by atoms with E-state index in [2.05, 4.69) is 30.0 Å². The van der Waals surface area contributed by atoms with Crippen LogP contribution in [0.3, 0.4) is 0 Å². The molecule has 4 heterocycles. The minimum atomic E-state index is 0.0176. The van der Waals surface area contributed by atoms with Crippen molar-refractivity contribution in [2.24, 2.45) is 0 Å². The molecule has 1 aromatic carbocycles. The van der Waals surface area contributed by atoms with E-state index in [1.54, 1.807) is 0 Å². The third-order valence-corrected chi connectivity index (χ3v) is 6.82. The molecular formula is C24H27ClN4O. The quantitative estimate of drug-likeness (QED) is 0.621. The molecule has 1 amide bonds. The summed E-state index contributed by atoms with van der Waals surface area (Å²) in [6, 6.07) is 12.6. The van der Waals surface area contributed by atoms with Crippen LogP contribution in [0.4, 0.5) is 0 Å². The summed E-state index contributed by atoms with van der Waals surface area (Å²) in [5, 5.41) is 0.652. The lowest BCUT2D eigenvalue weighted by Gasteiger charge is -2.33. The summed E-state index contributed by atoms with van der Waals surface area (Å²) in [6.07, 6.45) is 6.45. The first-order valence-electron chi connectivity index (χ1n) is 10.9. The van der Waals surface area contributed by atoms with Crippen molar-refractivity contribution >= 4 is 23.2 Å². The van der Waals surface area contributed by atoms with E-state index in [1.807, 2.05) is 33.7 Å². The molecule has 1 saturated heterocycles. The van der Waals surface area contributed by atoms with Crippen molar-refractivity contribution in [3.05, 3.63) is 70.1 Å². The number of rotatable bonds is 3. The Morgan fingerprint density at radius 1 is 1.13 bits per heavy atom. The SMILES string of the molecule is C[C@H]1CCCCN1Cc1c(C(=O)N2CCc3ccccc3C2)nc2ccc(Cl)cn12. The number of aromatic nitrogens is 2. The van der Waals surface area contributed by atoms with E-state index in [4.69, 9.17) is 16.6 Å². The van der Waals surface area contributed by atoms with Crippen molar-refractivity contribution in [2.75, 3.05) is 13.1 Å². The monoisotopic (exact) mass is 422 g/mol. The Hall–Kier alpha value is -2.37. The number of nitrogens with zero attached hydrogens (tertiary/aromatic N) is 4. The molecule has 0 bridgehead atoms. The molecule has 5 rings (SSSR count). The van der Waals surface area contributed by atoms with Crippen molar-refractivity contribution in [1.82, 2.24) is 19.2 Å². The number of carbonyl (C=O) groups is 1.